The Bertz CT molecular complexity index is 846. The zero-order chi connectivity index (χ0) is 17.6. The number of fused-ring (bicyclic) bond motifs is 1. The third-order valence-electron chi connectivity index (χ3n) is 4.96. The third kappa shape index (κ3) is 2.76. The quantitative estimate of drug-likeness (QED) is 0.853. The molecule has 2 aromatic rings. The van der Waals surface area contributed by atoms with Gasteiger partial charge in [0, 0.05) is 6.54 Å². The number of carbonyl (C=O) groups excluding carboxylic acids is 2. The van der Waals surface area contributed by atoms with Crippen molar-refractivity contribution in [1.82, 2.24) is 14.9 Å². The van der Waals surface area contributed by atoms with Crippen molar-refractivity contribution in [3.8, 4) is 0 Å². The maximum absolute atomic E-state index is 13.9. The molecule has 1 amide bonds. The lowest BCUT2D eigenvalue weighted by atomic mass is 10.1. The van der Waals surface area contributed by atoms with Crippen LogP contribution in [0.15, 0.2) is 18.5 Å². The van der Waals surface area contributed by atoms with Gasteiger partial charge in [-0.1, -0.05) is 0 Å². The minimum Gasteiger partial charge on any atom is -0.469 e. The largest absolute Gasteiger partial charge is 0.469 e. The molecule has 1 N–H and O–H groups in total. The molecule has 1 aliphatic heterocycles. The van der Waals surface area contributed by atoms with Crippen LogP contribution in [0.1, 0.15) is 29.6 Å². The maximum Gasteiger partial charge on any atom is 0.308 e. The molecular weight excluding hydrogens is 329 g/mol. The second kappa shape index (κ2) is 5.80. The highest BCUT2D eigenvalue weighted by molar-refractivity contribution is 6.05. The normalized spacial score (nSPS) is 21.5. The van der Waals surface area contributed by atoms with Crippen LogP contribution in [0.25, 0.3) is 11.0 Å². The number of hydrogen-bond acceptors (Lipinski definition) is 5. The Morgan fingerprint density at radius 3 is 3.00 bits per heavy atom. The number of ether oxygens (including phenoxy) is 2. The Hall–Kier alpha value is -2.48. The summed E-state index contributed by atoms with van der Waals surface area (Å²) >= 11 is 0. The SMILES string of the molecule is COC(=O)CC1CN(C(=O)c2cc(F)cc3[nH]cnc23)C2(CC2)CO1. The highest BCUT2D eigenvalue weighted by Gasteiger charge is 2.54. The molecule has 2 fully saturated rings. The minimum absolute atomic E-state index is 0.0807. The van der Waals surface area contributed by atoms with Gasteiger partial charge in [0.25, 0.3) is 5.91 Å². The molecule has 2 aliphatic rings. The molecule has 132 valence electrons. The summed E-state index contributed by atoms with van der Waals surface area (Å²) in [6.45, 7) is 0.649. The van der Waals surface area contributed by atoms with Crippen molar-refractivity contribution < 1.29 is 23.5 Å². The Balaban J connectivity index is 1.64. The van der Waals surface area contributed by atoms with Gasteiger partial charge in [-0.05, 0) is 25.0 Å². The van der Waals surface area contributed by atoms with Gasteiger partial charge in [0.15, 0.2) is 0 Å². The van der Waals surface area contributed by atoms with Crippen molar-refractivity contribution in [2.75, 3.05) is 20.3 Å². The van der Waals surface area contributed by atoms with Crippen LogP contribution in [-0.2, 0) is 14.3 Å². The van der Waals surface area contributed by atoms with E-state index in [4.69, 9.17) is 4.74 Å². The summed E-state index contributed by atoms with van der Waals surface area (Å²) in [4.78, 5) is 33.4. The number of nitrogens with zero attached hydrogens (tertiary/aromatic N) is 2. The van der Waals surface area contributed by atoms with Crippen molar-refractivity contribution >= 4 is 22.9 Å². The van der Waals surface area contributed by atoms with Crippen LogP contribution in [0.4, 0.5) is 4.39 Å². The monoisotopic (exact) mass is 347 g/mol. The fourth-order valence-corrected chi connectivity index (χ4v) is 3.37. The van der Waals surface area contributed by atoms with Crippen molar-refractivity contribution in [2.24, 2.45) is 0 Å². The molecule has 8 heteroatoms. The molecule has 1 saturated carbocycles. The predicted octanol–water partition coefficient (Wildman–Crippen LogP) is 1.64. The minimum atomic E-state index is -0.496. The first-order valence-electron chi connectivity index (χ1n) is 8.15. The van der Waals surface area contributed by atoms with E-state index in [-0.39, 0.29) is 35.9 Å². The lowest BCUT2D eigenvalue weighted by molar-refractivity contribution is -0.147. The van der Waals surface area contributed by atoms with Gasteiger partial charge in [0.1, 0.15) is 11.3 Å². The van der Waals surface area contributed by atoms with Gasteiger partial charge in [-0.15, -0.1) is 0 Å². The molecule has 4 rings (SSSR count). The molecule has 1 aliphatic carbocycles. The van der Waals surface area contributed by atoms with Crippen LogP contribution in [-0.4, -0.2) is 58.6 Å². The summed E-state index contributed by atoms with van der Waals surface area (Å²) in [5.41, 5.74) is 0.797. The van der Waals surface area contributed by atoms with E-state index in [0.717, 1.165) is 12.8 Å². The number of benzene rings is 1. The summed E-state index contributed by atoms with van der Waals surface area (Å²) in [7, 11) is 1.32. The summed E-state index contributed by atoms with van der Waals surface area (Å²) in [6, 6.07) is 2.53. The number of hydrogen-bond donors (Lipinski definition) is 1. The second-order valence-corrected chi connectivity index (χ2v) is 6.61. The van der Waals surface area contributed by atoms with Crippen LogP contribution >= 0.6 is 0 Å². The van der Waals surface area contributed by atoms with Crippen LogP contribution in [0.2, 0.25) is 0 Å². The van der Waals surface area contributed by atoms with E-state index in [0.29, 0.717) is 17.6 Å². The van der Waals surface area contributed by atoms with Crippen LogP contribution in [0.5, 0.6) is 0 Å². The standard InChI is InChI=1S/C17H18FN3O4/c1-24-14(22)6-11-7-21(17(2-3-17)8-25-11)16(23)12-4-10(18)5-13-15(12)20-9-19-13/h4-5,9,11H,2-3,6-8H2,1H3,(H,19,20). The average molecular weight is 347 g/mol. The zero-order valence-electron chi connectivity index (χ0n) is 13.8. The number of amides is 1. The average Bonchev–Trinajstić information content (AvgIpc) is 3.21. The van der Waals surface area contributed by atoms with Gasteiger partial charge < -0.3 is 19.4 Å². The number of aromatic amines is 1. The summed E-state index contributed by atoms with van der Waals surface area (Å²) < 4.78 is 24.3. The molecule has 1 spiro atoms. The molecule has 7 nitrogen and oxygen atoms in total. The highest BCUT2D eigenvalue weighted by atomic mass is 19.1. The fourth-order valence-electron chi connectivity index (χ4n) is 3.37. The lowest BCUT2D eigenvalue weighted by Gasteiger charge is -2.40. The van der Waals surface area contributed by atoms with E-state index in [9.17, 15) is 14.0 Å². The van der Waals surface area contributed by atoms with Crippen LogP contribution in [0.3, 0.4) is 0 Å². The van der Waals surface area contributed by atoms with Crippen molar-refractivity contribution in [2.45, 2.75) is 30.9 Å². The Morgan fingerprint density at radius 2 is 2.28 bits per heavy atom. The molecular formula is C17H18FN3O4. The van der Waals surface area contributed by atoms with E-state index >= 15 is 0 Å². The second-order valence-electron chi connectivity index (χ2n) is 6.61. The molecule has 1 unspecified atom stereocenters. The molecule has 1 saturated heterocycles. The number of imidazole rings is 1. The Morgan fingerprint density at radius 1 is 1.48 bits per heavy atom. The molecule has 1 aromatic carbocycles. The van der Waals surface area contributed by atoms with E-state index in [1.165, 1.54) is 25.6 Å². The van der Waals surface area contributed by atoms with Crippen molar-refractivity contribution in [3.63, 3.8) is 0 Å². The van der Waals surface area contributed by atoms with E-state index in [1.807, 2.05) is 0 Å². The Kier molecular flexibility index (Phi) is 3.72. The molecule has 1 aromatic heterocycles. The summed E-state index contributed by atoms with van der Waals surface area (Å²) in [6.07, 6.45) is 2.77. The number of halogens is 1. The maximum atomic E-state index is 13.9. The first kappa shape index (κ1) is 16.0. The number of H-pyrrole nitrogens is 1. The number of aromatic nitrogens is 2. The summed E-state index contributed by atoms with van der Waals surface area (Å²) in [5.74, 6) is -1.17. The summed E-state index contributed by atoms with van der Waals surface area (Å²) in [5, 5.41) is 0. The van der Waals surface area contributed by atoms with E-state index < -0.39 is 11.9 Å². The third-order valence-corrected chi connectivity index (χ3v) is 4.96. The fraction of sp³-hybridized carbons (Fsp3) is 0.471. The van der Waals surface area contributed by atoms with Gasteiger partial charge >= 0.3 is 5.97 Å². The number of esters is 1. The number of morpholine rings is 1. The smallest absolute Gasteiger partial charge is 0.308 e. The molecule has 2 heterocycles. The first-order chi connectivity index (χ1) is 12.0. The molecule has 0 bridgehead atoms. The van der Waals surface area contributed by atoms with Gasteiger partial charge in [-0.3, -0.25) is 9.59 Å². The van der Waals surface area contributed by atoms with Gasteiger partial charge in [-0.2, -0.15) is 0 Å². The first-order valence-corrected chi connectivity index (χ1v) is 8.15. The van der Waals surface area contributed by atoms with Gasteiger partial charge in [-0.25, -0.2) is 9.37 Å². The number of methoxy groups -OCH3 is 1. The molecule has 25 heavy (non-hydrogen) atoms. The molecule has 0 radical (unpaired) electrons. The van der Waals surface area contributed by atoms with Crippen LogP contribution < -0.4 is 0 Å². The number of rotatable bonds is 3. The topological polar surface area (TPSA) is 84.5 Å². The lowest BCUT2D eigenvalue weighted by Crippen LogP contribution is -2.54. The van der Waals surface area contributed by atoms with Gasteiger partial charge in [0.2, 0.25) is 0 Å². The number of nitrogens with one attached hydrogen (secondary N) is 1. The van der Waals surface area contributed by atoms with E-state index in [2.05, 4.69) is 14.7 Å². The predicted molar refractivity (Wildman–Crippen MR) is 85.4 cm³/mol. The van der Waals surface area contributed by atoms with E-state index in [1.54, 1.807) is 4.90 Å². The highest BCUT2D eigenvalue weighted by Crippen LogP contribution is 2.45. The molecule has 1 atom stereocenters. The van der Waals surface area contributed by atoms with Crippen molar-refractivity contribution in [3.05, 3.63) is 29.8 Å². The van der Waals surface area contributed by atoms with Crippen LogP contribution in [0, 0.1) is 5.82 Å². The number of carbonyl (C=O) groups is 2. The van der Waals surface area contributed by atoms with Crippen molar-refractivity contribution in [1.29, 1.82) is 0 Å². The zero-order valence-corrected chi connectivity index (χ0v) is 13.8. The Labute approximate surface area is 143 Å². The van der Waals surface area contributed by atoms with Gasteiger partial charge in [0.05, 0.1) is 49.2 Å².